The van der Waals surface area contributed by atoms with E-state index in [9.17, 15) is 9.59 Å². The van der Waals surface area contributed by atoms with Gasteiger partial charge in [-0.15, -0.1) is 0 Å². The molecule has 118 valence electrons. The maximum absolute atomic E-state index is 12.1. The fourth-order valence-electron chi connectivity index (χ4n) is 2.40. The summed E-state index contributed by atoms with van der Waals surface area (Å²) in [5.74, 6) is -0.243. The zero-order valence-electron chi connectivity index (χ0n) is 13.1. The van der Waals surface area contributed by atoms with E-state index < -0.39 is 5.60 Å². The molecule has 1 rings (SSSR count). The lowest BCUT2D eigenvalue weighted by atomic mass is 10.1. The smallest absolute Gasteiger partial charge is 0.410 e. The highest BCUT2D eigenvalue weighted by atomic mass is 16.6. The topological polar surface area (TPSA) is 82.4 Å². The van der Waals surface area contributed by atoms with Crippen LogP contribution in [0.2, 0.25) is 0 Å². The van der Waals surface area contributed by atoms with Crippen LogP contribution in [0.3, 0.4) is 0 Å². The maximum Gasteiger partial charge on any atom is 0.410 e. The molecule has 2 amide bonds. The van der Waals surface area contributed by atoms with Gasteiger partial charge in [-0.3, -0.25) is 4.79 Å². The van der Waals surface area contributed by atoms with Crippen LogP contribution in [0, 0.1) is 11.3 Å². The lowest BCUT2D eigenvalue weighted by molar-refractivity contribution is -0.120. The summed E-state index contributed by atoms with van der Waals surface area (Å²) in [7, 11) is 0. The first-order valence-electron chi connectivity index (χ1n) is 7.47. The number of rotatable bonds is 5. The molecule has 1 aliphatic rings. The van der Waals surface area contributed by atoms with Gasteiger partial charge in [0, 0.05) is 19.1 Å². The Morgan fingerprint density at radius 2 is 2.14 bits per heavy atom. The summed E-state index contributed by atoms with van der Waals surface area (Å²) >= 11 is 0. The fraction of sp³-hybridized carbons (Fsp3) is 0.800. The van der Waals surface area contributed by atoms with Crippen molar-refractivity contribution < 1.29 is 14.3 Å². The summed E-state index contributed by atoms with van der Waals surface area (Å²) in [4.78, 5) is 25.0. The average molecular weight is 295 g/mol. The van der Waals surface area contributed by atoms with Gasteiger partial charge in [0.05, 0.1) is 6.07 Å². The van der Waals surface area contributed by atoms with Crippen LogP contribution in [0.15, 0.2) is 0 Å². The van der Waals surface area contributed by atoms with Crippen molar-refractivity contribution in [3.8, 4) is 6.07 Å². The predicted octanol–water partition coefficient (Wildman–Crippen LogP) is 2.20. The van der Waals surface area contributed by atoms with Crippen LogP contribution in [-0.2, 0) is 9.53 Å². The molecular weight excluding hydrogens is 270 g/mol. The molecule has 1 N–H and O–H groups in total. The van der Waals surface area contributed by atoms with Crippen molar-refractivity contribution in [2.24, 2.45) is 0 Å². The molecule has 0 unspecified atom stereocenters. The van der Waals surface area contributed by atoms with Gasteiger partial charge in [-0.25, -0.2) is 4.79 Å². The standard InChI is InChI=1S/C15H25N3O3/c1-15(2,3)21-14(20)18-11-5-7-12(18)6-4-10-17-13(19)8-9-16/h12H,4-8,10-11H2,1-3H3,(H,17,19)/t12-/m0/s1. The van der Waals surface area contributed by atoms with Crippen LogP contribution < -0.4 is 5.32 Å². The second kappa shape index (κ2) is 7.87. The second-order valence-electron chi connectivity index (χ2n) is 6.30. The molecule has 0 bridgehead atoms. The number of likely N-dealkylation sites (tertiary alicyclic amines) is 1. The highest BCUT2D eigenvalue weighted by Gasteiger charge is 2.31. The minimum Gasteiger partial charge on any atom is -0.444 e. The largest absolute Gasteiger partial charge is 0.444 e. The van der Waals surface area contributed by atoms with Gasteiger partial charge in [0.1, 0.15) is 12.0 Å². The second-order valence-corrected chi connectivity index (χ2v) is 6.30. The summed E-state index contributed by atoms with van der Waals surface area (Å²) in [5.41, 5.74) is -0.477. The Balaban J connectivity index is 2.32. The van der Waals surface area contributed by atoms with Crippen LogP contribution in [0.1, 0.15) is 52.9 Å². The number of carbonyl (C=O) groups excluding carboxylic acids is 2. The van der Waals surface area contributed by atoms with Gasteiger partial charge < -0.3 is 15.0 Å². The summed E-state index contributed by atoms with van der Waals surface area (Å²) in [6.45, 7) is 6.86. The van der Waals surface area contributed by atoms with Crippen molar-refractivity contribution in [1.29, 1.82) is 5.26 Å². The van der Waals surface area contributed by atoms with Crippen LogP contribution in [0.25, 0.3) is 0 Å². The van der Waals surface area contributed by atoms with E-state index in [1.807, 2.05) is 26.8 Å². The molecule has 0 saturated carbocycles. The normalized spacial score (nSPS) is 18.2. The molecule has 21 heavy (non-hydrogen) atoms. The highest BCUT2D eigenvalue weighted by molar-refractivity contribution is 5.77. The minimum atomic E-state index is -0.477. The summed E-state index contributed by atoms with van der Waals surface area (Å²) in [6, 6.07) is 2.00. The quantitative estimate of drug-likeness (QED) is 0.788. The van der Waals surface area contributed by atoms with Crippen molar-refractivity contribution in [2.45, 2.75) is 64.5 Å². The predicted molar refractivity (Wildman–Crippen MR) is 78.4 cm³/mol. The SMILES string of the molecule is CC(C)(C)OC(=O)N1CCC[C@@H]1CCCNC(=O)CC#N. The molecule has 0 aliphatic carbocycles. The van der Waals surface area contributed by atoms with Crippen LogP contribution in [-0.4, -0.2) is 41.6 Å². The molecule has 1 fully saturated rings. The lowest BCUT2D eigenvalue weighted by Crippen LogP contribution is -2.40. The molecule has 0 aromatic heterocycles. The Hall–Kier alpha value is -1.77. The molecule has 0 aromatic rings. The van der Waals surface area contributed by atoms with Gasteiger partial charge >= 0.3 is 6.09 Å². The van der Waals surface area contributed by atoms with Crippen molar-refractivity contribution >= 4 is 12.0 Å². The fourth-order valence-corrected chi connectivity index (χ4v) is 2.40. The van der Waals surface area contributed by atoms with Gasteiger partial charge in [-0.05, 0) is 46.5 Å². The van der Waals surface area contributed by atoms with Gasteiger partial charge in [-0.2, -0.15) is 5.26 Å². The van der Waals surface area contributed by atoms with Gasteiger partial charge in [0.2, 0.25) is 5.91 Å². The third-order valence-electron chi connectivity index (χ3n) is 3.28. The number of nitrogens with one attached hydrogen (secondary N) is 1. The zero-order valence-corrected chi connectivity index (χ0v) is 13.1. The van der Waals surface area contributed by atoms with E-state index in [0.29, 0.717) is 6.54 Å². The molecule has 0 aromatic carbocycles. The first kappa shape index (κ1) is 17.3. The Kier molecular flexibility index (Phi) is 6.47. The Labute approximate surface area is 126 Å². The number of nitriles is 1. The van der Waals surface area contributed by atoms with Crippen LogP contribution in [0.4, 0.5) is 4.79 Å². The van der Waals surface area contributed by atoms with E-state index >= 15 is 0 Å². The first-order chi connectivity index (χ1) is 9.83. The number of amides is 2. The Bertz CT molecular complexity index is 409. The van der Waals surface area contributed by atoms with Crippen LogP contribution >= 0.6 is 0 Å². The highest BCUT2D eigenvalue weighted by Crippen LogP contribution is 2.23. The molecule has 1 heterocycles. The minimum absolute atomic E-state index is 0.104. The number of hydrogen-bond donors (Lipinski definition) is 1. The molecule has 6 nitrogen and oxygen atoms in total. The summed E-state index contributed by atoms with van der Waals surface area (Å²) in [5, 5.41) is 11.1. The summed E-state index contributed by atoms with van der Waals surface area (Å²) < 4.78 is 5.41. The van der Waals surface area contributed by atoms with Gasteiger partial charge in [0.25, 0.3) is 0 Å². The number of hydrogen-bond acceptors (Lipinski definition) is 4. The molecule has 1 atom stereocenters. The van der Waals surface area contributed by atoms with E-state index in [1.54, 1.807) is 4.90 Å². The maximum atomic E-state index is 12.1. The third kappa shape index (κ3) is 6.48. The third-order valence-corrected chi connectivity index (χ3v) is 3.28. The van der Waals surface area contributed by atoms with Gasteiger partial charge in [0.15, 0.2) is 0 Å². The van der Waals surface area contributed by atoms with Crippen molar-refractivity contribution in [3.05, 3.63) is 0 Å². The lowest BCUT2D eigenvalue weighted by Gasteiger charge is -2.28. The molecule has 6 heteroatoms. The monoisotopic (exact) mass is 295 g/mol. The van der Waals surface area contributed by atoms with Crippen LogP contribution in [0.5, 0.6) is 0 Å². The Morgan fingerprint density at radius 3 is 2.76 bits per heavy atom. The van der Waals surface area contributed by atoms with Gasteiger partial charge in [-0.1, -0.05) is 0 Å². The number of carbonyl (C=O) groups is 2. The molecule has 0 spiro atoms. The number of nitrogens with zero attached hydrogens (tertiary/aromatic N) is 2. The van der Waals surface area contributed by atoms with E-state index in [-0.39, 0.29) is 24.5 Å². The Morgan fingerprint density at radius 1 is 1.43 bits per heavy atom. The molecule has 1 aliphatic heterocycles. The van der Waals surface area contributed by atoms with E-state index in [0.717, 1.165) is 32.2 Å². The van der Waals surface area contributed by atoms with Crippen molar-refractivity contribution in [1.82, 2.24) is 10.2 Å². The van der Waals surface area contributed by atoms with E-state index in [1.165, 1.54) is 0 Å². The van der Waals surface area contributed by atoms with E-state index in [4.69, 9.17) is 10.00 Å². The first-order valence-corrected chi connectivity index (χ1v) is 7.47. The average Bonchev–Trinajstić information content (AvgIpc) is 2.81. The summed E-state index contributed by atoms with van der Waals surface area (Å²) in [6.07, 6.45) is 3.25. The van der Waals surface area contributed by atoms with E-state index in [2.05, 4.69) is 5.32 Å². The molecule has 0 radical (unpaired) electrons. The molecule has 1 saturated heterocycles. The van der Waals surface area contributed by atoms with Crippen molar-refractivity contribution in [3.63, 3.8) is 0 Å². The number of ether oxygens (including phenoxy) is 1. The van der Waals surface area contributed by atoms with Crippen molar-refractivity contribution in [2.75, 3.05) is 13.1 Å². The zero-order chi connectivity index (χ0) is 15.9. The molecular formula is C15H25N3O3.